The number of carbonyl (C=O) groups excluding carboxylic acids is 1. The Bertz CT molecular complexity index is 813. The van der Waals surface area contributed by atoms with E-state index in [4.69, 9.17) is 4.74 Å². The molecule has 0 spiro atoms. The molecule has 2 N–H and O–H groups in total. The lowest BCUT2D eigenvalue weighted by molar-refractivity contribution is -0.385. The molecule has 2 aromatic carbocycles. The molecule has 0 radical (unpaired) electrons. The third-order valence-corrected chi connectivity index (χ3v) is 4.46. The van der Waals surface area contributed by atoms with Gasteiger partial charge in [-0.25, -0.2) is 0 Å². The molecule has 1 atom stereocenters. The van der Waals surface area contributed by atoms with Crippen molar-refractivity contribution in [2.45, 2.75) is 26.5 Å². The van der Waals surface area contributed by atoms with Crippen LogP contribution in [0.25, 0.3) is 0 Å². The van der Waals surface area contributed by atoms with Gasteiger partial charge in [0.2, 0.25) is 5.91 Å². The third-order valence-electron chi connectivity index (χ3n) is 4.46. The zero-order valence-corrected chi connectivity index (χ0v) is 17.4. The lowest BCUT2D eigenvalue weighted by Crippen LogP contribution is -2.41. The number of amides is 1. The number of aliphatic hydroxyl groups excluding tert-OH is 1. The largest absolute Gasteiger partial charge is 0.484 e. The fraction of sp³-hybridized carbons (Fsp3) is 0.409. The first-order chi connectivity index (χ1) is 14.4. The highest BCUT2D eigenvalue weighted by atomic mass is 16.6. The number of benzene rings is 2. The van der Waals surface area contributed by atoms with E-state index in [1.807, 2.05) is 49.1 Å². The molecule has 0 bridgehead atoms. The second-order valence-corrected chi connectivity index (χ2v) is 7.36. The summed E-state index contributed by atoms with van der Waals surface area (Å²) in [5, 5.41) is 24.4. The van der Waals surface area contributed by atoms with Gasteiger partial charge in [0.1, 0.15) is 12.7 Å². The fourth-order valence-corrected chi connectivity index (χ4v) is 2.88. The Morgan fingerprint density at radius 2 is 1.83 bits per heavy atom. The highest BCUT2D eigenvalue weighted by molar-refractivity contribution is 5.77. The molecule has 0 fully saturated rings. The first-order valence-corrected chi connectivity index (χ1v) is 9.95. The highest BCUT2D eigenvalue weighted by Gasteiger charge is 2.18. The number of para-hydroxylation sites is 2. The maximum Gasteiger partial charge on any atom is 0.310 e. The minimum atomic E-state index is -0.852. The molecule has 2 aromatic rings. The van der Waals surface area contributed by atoms with Crippen molar-refractivity contribution in [1.82, 2.24) is 10.2 Å². The molecular formula is C22H29N3O5. The molecule has 0 aliphatic heterocycles. The van der Waals surface area contributed by atoms with Gasteiger partial charge in [0.15, 0.2) is 5.75 Å². The number of nitrogens with one attached hydrogen (secondary N) is 1. The summed E-state index contributed by atoms with van der Waals surface area (Å²) in [6.45, 7) is 5.50. The molecular weight excluding hydrogens is 386 g/mol. The van der Waals surface area contributed by atoms with Crippen molar-refractivity contribution in [3.8, 4) is 5.75 Å². The van der Waals surface area contributed by atoms with Crippen LogP contribution in [0.2, 0.25) is 0 Å². The fourth-order valence-electron chi connectivity index (χ4n) is 2.88. The Kier molecular flexibility index (Phi) is 9.24. The number of carbonyl (C=O) groups is 1. The zero-order chi connectivity index (χ0) is 21.9. The smallest absolute Gasteiger partial charge is 0.310 e. The van der Waals surface area contributed by atoms with Crippen LogP contribution in [0, 0.1) is 16.0 Å². The Morgan fingerprint density at radius 3 is 2.50 bits per heavy atom. The maximum atomic E-state index is 11.8. The summed E-state index contributed by atoms with van der Waals surface area (Å²) in [6.07, 6.45) is -0.852. The van der Waals surface area contributed by atoms with E-state index in [-0.39, 0.29) is 29.9 Å². The lowest BCUT2D eigenvalue weighted by Gasteiger charge is -2.25. The number of nitro groups is 1. The highest BCUT2D eigenvalue weighted by Crippen LogP contribution is 2.25. The van der Waals surface area contributed by atoms with Gasteiger partial charge in [-0.15, -0.1) is 0 Å². The molecule has 0 heterocycles. The number of hydrogen-bond acceptors (Lipinski definition) is 6. The monoisotopic (exact) mass is 415 g/mol. The molecule has 0 saturated carbocycles. The number of ether oxygens (including phenoxy) is 1. The lowest BCUT2D eigenvalue weighted by atomic mass is 10.2. The number of nitro benzene ring substituents is 1. The van der Waals surface area contributed by atoms with Crippen molar-refractivity contribution in [2.24, 2.45) is 5.92 Å². The summed E-state index contributed by atoms with van der Waals surface area (Å²) in [6, 6.07) is 15.9. The van der Waals surface area contributed by atoms with Gasteiger partial charge in [0, 0.05) is 38.2 Å². The summed E-state index contributed by atoms with van der Waals surface area (Å²) < 4.78 is 5.50. The van der Waals surface area contributed by atoms with Crippen LogP contribution in [0.15, 0.2) is 54.6 Å². The molecule has 1 unspecified atom stereocenters. The molecule has 0 aliphatic rings. The zero-order valence-electron chi connectivity index (χ0n) is 17.4. The van der Waals surface area contributed by atoms with Crippen molar-refractivity contribution >= 4 is 11.6 Å². The Labute approximate surface area is 176 Å². The molecule has 0 aromatic heterocycles. The summed E-state index contributed by atoms with van der Waals surface area (Å²) in [4.78, 5) is 24.4. The second-order valence-electron chi connectivity index (χ2n) is 7.36. The van der Waals surface area contributed by atoms with E-state index in [0.717, 1.165) is 5.56 Å². The van der Waals surface area contributed by atoms with Crippen LogP contribution in [-0.2, 0) is 11.3 Å². The number of nitrogens with zero attached hydrogens (tertiary/aromatic N) is 2. The van der Waals surface area contributed by atoms with Crippen LogP contribution < -0.4 is 10.1 Å². The quantitative estimate of drug-likeness (QED) is 0.408. The number of aliphatic hydroxyl groups is 1. The number of rotatable bonds is 12. The normalized spacial score (nSPS) is 12.0. The Balaban J connectivity index is 1.94. The van der Waals surface area contributed by atoms with Crippen molar-refractivity contribution < 1.29 is 19.6 Å². The second kappa shape index (κ2) is 11.9. The average Bonchev–Trinajstić information content (AvgIpc) is 2.72. The Morgan fingerprint density at radius 1 is 1.17 bits per heavy atom. The van der Waals surface area contributed by atoms with Crippen molar-refractivity contribution in [3.05, 3.63) is 70.3 Å². The van der Waals surface area contributed by atoms with Gasteiger partial charge >= 0.3 is 5.69 Å². The van der Waals surface area contributed by atoms with Gasteiger partial charge in [-0.1, -0.05) is 56.3 Å². The predicted octanol–water partition coefficient (Wildman–Crippen LogP) is 2.61. The number of hydrogen-bond donors (Lipinski definition) is 2. The first-order valence-electron chi connectivity index (χ1n) is 9.95. The van der Waals surface area contributed by atoms with Crippen LogP contribution in [0.4, 0.5) is 5.69 Å². The van der Waals surface area contributed by atoms with Gasteiger partial charge in [-0.3, -0.25) is 19.8 Å². The molecule has 8 heteroatoms. The minimum absolute atomic E-state index is 0.0186. The van der Waals surface area contributed by atoms with Crippen molar-refractivity contribution in [1.29, 1.82) is 0 Å². The molecule has 2 rings (SSSR count). The molecule has 0 aliphatic carbocycles. The Hall–Kier alpha value is -2.97. The SMILES string of the molecule is CC(C)C(=O)NCCN(Cc1ccccc1)CC(O)COc1ccccc1[N+](=O)[O-]. The third kappa shape index (κ3) is 7.81. The topological polar surface area (TPSA) is 105 Å². The summed E-state index contributed by atoms with van der Waals surface area (Å²) in [5.41, 5.74) is 0.946. The van der Waals surface area contributed by atoms with E-state index in [2.05, 4.69) is 5.32 Å². The molecule has 30 heavy (non-hydrogen) atoms. The molecule has 0 saturated heterocycles. The minimum Gasteiger partial charge on any atom is -0.484 e. The van der Waals surface area contributed by atoms with Crippen LogP contribution in [0.1, 0.15) is 19.4 Å². The van der Waals surface area contributed by atoms with E-state index in [1.54, 1.807) is 12.1 Å². The first kappa shape index (κ1) is 23.3. The van der Waals surface area contributed by atoms with E-state index in [9.17, 15) is 20.0 Å². The predicted molar refractivity (Wildman–Crippen MR) is 114 cm³/mol. The van der Waals surface area contributed by atoms with E-state index in [0.29, 0.717) is 26.2 Å². The van der Waals surface area contributed by atoms with E-state index < -0.39 is 11.0 Å². The van der Waals surface area contributed by atoms with Crippen molar-refractivity contribution in [3.63, 3.8) is 0 Å². The van der Waals surface area contributed by atoms with Gasteiger partial charge in [0.25, 0.3) is 0 Å². The van der Waals surface area contributed by atoms with Crippen LogP contribution in [0.3, 0.4) is 0 Å². The maximum absolute atomic E-state index is 11.8. The summed E-state index contributed by atoms with van der Waals surface area (Å²) in [7, 11) is 0. The summed E-state index contributed by atoms with van der Waals surface area (Å²) >= 11 is 0. The molecule has 8 nitrogen and oxygen atoms in total. The van der Waals surface area contributed by atoms with Crippen molar-refractivity contribution in [2.75, 3.05) is 26.2 Å². The van der Waals surface area contributed by atoms with Gasteiger partial charge in [0.05, 0.1) is 4.92 Å². The van der Waals surface area contributed by atoms with E-state index in [1.165, 1.54) is 12.1 Å². The van der Waals surface area contributed by atoms with Crippen LogP contribution >= 0.6 is 0 Å². The van der Waals surface area contributed by atoms with Crippen LogP contribution in [-0.4, -0.2) is 53.2 Å². The van der Waals surface area contributed by atoms with Gasteiger partial charge in [-0.05, 0) is 11.6 Å². The summed E-state index contributed by atoms with van der Waals surface area (Å²) in [5.74, 6) is 0.0171. The van der Waals surface area contributed by atoms with Crippen LogP contribution in [0.5, 0.6) is 5.75 Å². The van der Waals surface area contributed by atoms with Gasteiger partial charge < -0.3 is 15.2 Å². The molecule has 162 valence electrons. The molecule has 1 amide bonds. The standard InChI is InChI=1S/C22H29N3O5/c1-17(2)22(27)23-12-13-24(14-18-8-4-3-5-9-18)15-19(26)16-30-21-11-7-6-10-20(21)25(28)29/h3-11,17,19,26H,12-16H2,1-2H3,(H,23,27). The van der Waals surface area contributed by atoms with E-state index >= 15 is 0 Å². The van der Waals surface area contributed by atoms with Gasteiger partial charge in [-0.2, -0.15) is 0 Å². The average molecular weight is 415 g/mol.